The Morgan fingerprint density at radius 1 is 0.292 bits per heavy atom. The zero-order valence-electron chi connectivity index (χ0n) is 49.2. The predicted molar refractivity (Wildman–Crippen MR) is 316 cm³/mol. The van der Waals surface area contributed by atoms with Gasteiger partial charge in [-0.25, -0.2) is 0 Å². The molecule has 0 radical (unpaired) electrons. The molecule has 0 aliphatic rings. The third kappa shape index (κ3) is 54.1. The first-order chi connectivity index (χ1) is 35.5. The molecule has 0 heterocycles. The highest BCUT2D eigenvalue weighted by Gasteiger charge is 2.28. The van der Waals surface area contributed by atoms with E-state index < -0.39 is 36.9 Å². The van der Waals surface area contributed by atoms with Gasteiger partial charge in [-0.3, -0.25) is 4.79 Å². The Balaban J connectivity index is 3.52. The zero-order valence-corrected chi connectivity index (χ0v) is 49.2. The molecule has 1 amide bonds. The van der Waals surface area contributed by atoms with Crippen LogP contribution in [0.2, 0.25) is 0 Å². The standard InChI is InChI=1S/C66H133NO5/c1-3-5-7-9-11-13-15-17-19-21-23-25-27-29-31-32-33-34-36-37-39-41-43-45-47-49-51-53-55-57-59-63(69)65(71)62(61-68)67-66(72)64(70)60-58-56-54-52-50-48-46-44-42-40-38-35-30-28-26-24-22-20-18-16-14-12-10-8-6-4-2/h62-65,68-71H,3-61H2,1-2H3,(H,67,72). The molecule has 4 unspecified atom stereocenters. The number of amides is 1. The van der Waals surface area contributed by atoms with Crippen molar-refractivity contribution in [2.75, 3.05) is 6.61 Å². The summed E-state index contributed by atoms with van der Waals surface area (Å²) in [4.78, 5) is 12.6. The molecular formula is C66H133NO5. The molecule has 432 valence electrons. The van der Waals surface area contributed by atoms with Crippen molar-refractivity contribution < 1.29 is 25.2 Å². The van der Waals surface area contributed by atoms with Crippen LogP contribution in [-0.2, 0) is 4.79 Å². The molecule has 6 heteroatoms. The fourth-order valence-electron chi connectivity index (χ4n) is 11.1. The monoisotopic (exact) mass is 1020 g/mol. The van der Waals surface area contributed by atoms with Crippen molar-refractivity contribution >= 4 is 5.91 Å². The van der Waals surface area contributed by atoms with Gasteiger partial charge in [-0.05, 0) is 12.8 Å². The smallest absolute Gasteiger partial charge is 0.249 e. The number of nitrogens with one attached hydrogen (secondary N) is 1. The molecule has 0 aromatic carbocycles. The van der Waals surface area contributed by atoms with Crippen LogP contribution < -0.4 is 5.32 Å². The highest BCUT2D eigenvalue weighted by atomic mass is 16.3. The number of hydrogen-bond acceptors (Lipinski definition) is 5. The number of aliphatic hydroxyl groups excluding tert-OH is 4. The van der Waals surface area contributed by atoms with E-state index in [4.69, 9.17) is 0 Å². The molecule has 0 aromatic rings. The van der Waals surface area contributed by atoms with Gasteiger partial charge >= 0.3 is 0 Å². The average molecular weight is 1020 g/mol. The van der Waals surface area contributed by atoms with Gasteiger partial charge in [-0.15, -0.1) is 0 Å². The fourth-order valence-corrected chi connectivity index (χ4v) is 11.1. The maximum absolute atomic E-state index is 12.6. The van der Waals surface area contributed by atoms with E-state index in [1.807, 2.05) is 0 Å². The molecule has 0 aliphatic heterocycles. The second-order valence-corrected chi connectivity index (χ2v) is 23.5. The number of carbonyl (C=O) groups excluding carboxylic acids is 1. The van der Waals surface area contributed by atoms with E-state index in [2.05, 4.69) is 19.2 Å². The van der Waals surface area contributed by atoms with Crippen LogP contribution in [-0.4, -0.2) is 57.3 Å². The molecule has 4 atom stereocenters. The van der Waals surface area contributed by atoms with E-state index in [9.17, 15) is 25.2 Å². The first-order valence-electron chi connectivity index (χ1n) is 33.4. The molecule has 0 aliphatic carbocycles. The number of aliphatic hydroxyl groups is 4. The SMILES string of the molecule is CCCCCCCCCCCCCCCCCCCCCCCCCCCCCCCCC(O)C(O)C(CO)NC(=O)C(O)CCCCCCCCCCCCCCCCCCCCCCCCCCCC. The first-order valence-corrected chi connectivity index (χ1v) is 33.4. The van der Waals surface area contributed by atoms with E-state index in [0.717, 1.165) is 38.5 Å². The Kier molecular flexibility index (Phi) is 60.6. The Hall–Kier alpha value is -0.690. The molecule has 6 nitrogen and oxygen atoms in total. The van der Waals surface area contributed by atoms with E-state index >= 15 is 0 Å². The van der Waals surface area contributed by atoms with Crippen LogP contribution in [0, 0.1) is 0 Å². The van der Waals surface area contributed by atoms with Crippen molar-refractivity contribution in [3.05, 3.63) is 0 Å². The Labute approximate surface area is 451 Å². The number of carbonyl (C=O) groups is 1. The summed E-state index contributed by atoms with van der Waals surface area (Å²) in [6, 6.07) is -0.982. The van der Waals surface area contributed by atoms with Crippen LogP contribution >= 0.6 is 0 Å². The van der Waals surface area contributed by atoms with Crippen LogP contribution in [0.5, 0.6) is 0 Å². The van der Waals surface area contributed by atoms with Gasteiger partial charge in [0.25, 0.3) is 0 Å². The van der Waals surface area contributed by atoms with Gasteiger partial charge in [-0.2, -0.15) is 0 Å². The molecule has 5 N–H and O–H groups in total. The number of rotatable bonds is 63. The van der Waals surface area contributed by atoms with Crippen LogP contribution in [0.3, 0.4) is 0 Å². The van der Waals surface area contributed by atoms with Crippen molar-refractivity contribution in [2.24, 2.45) is 0 Å². The predicted octanol–water partition coefficient (Wildman–Crippen LogP) is 20.2. The zero-order chi connectivity index (χ0) is 52.3. The summed E-state index contributed by atoms with van der Waals surface area (Å²) < 4.78 is 0. The molecule has 72 heavy (non-hydrogen) atoms. The summed E-state index contributed by atoms with van der Waals surface area (Å²) in [7, 11) is 0. The largest absolute Gasteiger partial charge is 0.394 e. The van der Waals surface area contributed by atoms with E-state index in [0.29, 0.717) is 12.8 Å². The Morgan fingerprint density at radius 3 is 0.667 bits per heavy atom. The lowest BCUT2D eigenvalue weighted by Crippen LogP contribution is -2.53. The van der Waals surface area contributed by atoms with Crippen LogP contribution in [0.4, 0.5) is 0 Å². The molecule has 0 aromatic heterocycles. The molecule has 0 saturated heterocycles. The van der Waals surface area contributed by atoms with E-state index in [1.54, 1.807) is 0 Å². The first kappa shape index (κ1) is 71.3. The van der Waals surface area contributed by atoms with Crippen LogP contribution in [0.15, 0.2) is 0 Å². The van der Waals surface area contributed by atoms with Crippen molar-refractivity contribution in [1.82, 2.24) is 5.32 Å². The Bertz CT molecular complexity index is 1010. The molecule has 0 fully saturated rings. The molecule has 0 bridgehead atoms. The summed E-state index contributed by atoms with van der Waals surface area (Å²) in [5.74, 6) is -0.573. The summed E-state index contributed by atoms with van der Waals surface area (Å²) in [5.41, 5.74) is 0. The lowest BCUT2D eigenvalue weighted by Gasteiger charge is -2.27. The van der Waals surface area contributed by atoms with Gasteiger partial charge in [-0.1, -0.05) is 373 Å². The maximum atomic E-state index is 12.6. The molecule has 0 rings (SSSR count). The number of unbranched alkanes of at least 4 members (excludes halogenated alkanes) is 54. The molecule has 0 spiro atoms. The van der Waals surface area contributed by atoms with Crippen molar-refractivity contribution in [1.29, 1.82) is 0 Å². The van der Waals surface area contributed by atoms with Gasteiger partial charge in [0.15, 0.2) is 0 Å². The highest BCUT2D eigenvalue weighted by Crippen LogP contribution is 2.20. The summed E-state index contributed by atoms with van der Waals surface area (Å²) in [6.07, 6.45) is 73.6. The van der Waals surface area contributed by atoms with E-state index in [-0.39, 0.29) is 0 Å². The summed E-state index contributed by atoms with van der Waals surface area (Å²) in [6.45, 7) is 4.12. The maximum Gasteiger partial charge on any atom is 0.249 e. The minimum Gasteiger partial charge on any atom is -0.394 e. The highest BCUT2D eigenvalue weighted by molar-refractivity contribution is 5.80. The van der Waals surface area contributed by atoms with Crippen molar-refractivity contribution in [2.45, 2.75) is 411 Å². The lowest BCUT2D eigenvalue weighted by molar-refractivity contribution is -0.132. The third-order valence-corrected chi connectivity index (χ3v) is 16.3. The summed E-state index contributed by atoms with van der Waals surface area (Å²) >= 11 is 0. The lowest BCUT2D eigenvalue weighted by atomic mass is 9.99. The van der Waals surface area contributed by atoms with Gasteiger partial charge in [0.05, 0.1) is 18.8 Å². The third-order valence-electron chi connectivity index (χ3n) is 16.3. The van der Waals surface area contributed by atoms with Crippen LogP contribution in [0.25, 0.3) is 0 Å². The second kappa shape index (κ2) is 61.2. The molecule has 0 saturated carbocycles. The topological polar surface area (TPSA) is 110 Å². The fraction of sp³-hybridized carbons (Fsp3) is 0.985. The Morgan fingerprint density at radius 2 is 0.472 bits per heavy atom. The minimum atomic E-state index is -1.26. The number of hydrogen-bond donors (Lipinski definition) is 5. The normalized spacial score (nSPS) is 13.5. The van der Waals surface area contributed by atoms with Gasteiger partial charge < -0.3 is 25.7 Å². The minimum absolute atomic E-state index is 0.377. The van der Waals surface area contributed by atoms with Gasteiger partial charge in [0.2, 0.25) is 5.91 Å². The molecular weight excluding hydrogens is 887 g/mol. The average Bonchev–Trinajstić information content (AvgIpc) is 3.39. The van der Waals surface area contributed by atoms with Crippen molar-refractivity contribution in [3.63, 3.8) is 0 Å². The van der Waals surface area contributed by atoms with Gasteiger partial charge in [0.1, 0.15) is 12.2 Å². The second-order valence-electron chi connectivity index (χ2n) is 23.5. The van der Waals surface area contributed by atoms with Crippen molar-refractivity contribution in [3.8, 4) is 0 Å². The quantitative estimate of drug-likeness (QED) is 0.0390. The summed E-state index contributed by atoms with van der Waals surface area (Å²) in [5, 5.41) is 44.2. The van der Waals surface area contributed by atoms with Gasteiger partial charge in [0, 0.05) is 0 Å². The van der Waals surface area contributed by atoms with E-state index in [1.165, 1.54) is 321 Å². The van der Waals surface area contributed by atoms with Crippen LogP contribution in [0.1, 0.15) is 386 Å².